The quantitative estimate of drug-likeness (QED) is 0.589. The SMILES string of the molecule is CN(C)CCCOC(CCCc1ccccc1)c1ccccc1. The molecule has 0 aromatic heterocycles. The van der Waals surface area contributed by atoms with Gasteiger partial charge in [-0.2, -0.15) is 0 Å². The summed E-state index contributed by atoms with van der Waals surface area (Å²) in [6.07, 6.45) is 4.63. The third kappa shape index (κ3) is 6.98. The number of benzene rings is 2. The molecule has 0 radical (unpaired) electrons. The molecule has 2 heteroatoms. The van der Waals surface area contributed by atoms with Gasteiger partial charge in [-0.15, -0.1) is 0 Å². The molecule has 2 aromatic rings. The Kier molecular flexibility index (Phi) is 7.85. The smallest absolute Gasteiger partial charge is 0.0825 e. The molecular formula is C21H29NO. The molecule has 2 rings (SSSR count). The monoisotopic (exact) mass is 311 g/mol. The highest BCUT2D eigenvalue weighted by Crippen LogP contribution is 2.24. The normalized spacial score (nSPS) is 12.5. The lowest BCUT2D eigenvalue weighted by Gasteiger charge is -2.19. The first-order valence-electron chi connectivity index (χ1n) is 8.61. The van der Waals surface area contributed by atoms with Crippen molar-refractivity contribution in [2.45, 2.75) is 31.8 Å². The van der Waals surface area contributed by atoms with Crippen LogP contribution in [0, 0.1) is 0 Å². The standard InChI is InChI=1S/C21H29NO/c1-22(2)17-10-18-23-21(20-14-7-4-8-15-20)16-9-13-19-11-5-3-6-12-19/h3-8,11-12,14-15,21H,9-10,13,16-18H2,1-2H3. The van der Waals surface area contributed by atoms with Gasteiger partial charge in [-0.1, -0.05) is 60.7 Å². The predicted octanol–water partition coefficient (Wildman–Crippen LogP) is 4.72. The van der Waals surface area contributed by atoms with Crippen molar-refractivity contribution in [2.24, 2.45) is 0 Å². The zero-order chi connectivity index (χ0) is 16.3. The van der Waals surface area contributed by atoms with E-state index in [0.29, 0.717) is 0 Å². The molecule has 0 saturated carbocycles. The van der Waals surface area contributed by atoms with Crippen LogP contribution < -0.4 is 0 Å². The molecule has 0 aliphatic heterocycles. The summed E-state index contributed by atoms with van der Waals surface area (Å²) in [5.41, 5.74) is 2.71. The van der Waals surface area contributed by atoms with Gasteiger partial charge in [0, 0.05) is 6.61 Å². The molecule has 2 nitrogen and oxygen atoms in total. The van der Waals surface area contributed by atoms with E-state index in [0.717, 1.165) is 38.8 Å². The Balaban J connectivity index is 1.83. The fourth-order valence-corrected chi connectivity index (χ4v) is 2.76. The van der Waals surface area contributed by atoms with Gasteiger partial charge in [-0.3, -0.25) is 0 Å². The number of hydrogen-bond acceptors (Lipinski definition) is 2. The predicted molar refractivity (Wildman–Crippen MR) is 97.7 cm³/mol. The average molecular weight is 311 g/mol. The van der Waals surface area contributed by atoms with Crippen molar-refractivity contribution < 1.29 is 4.74 Å². The topological polar surface area (TPSA) is 12.5 Å². The first-order chi connectivity index (χ1) is 11.3. The minimum absolute atomic E-state index is 0.210. The van der Waals surface area contributed by atoms with Crippen LogP contribution in [0.5, 0.6) is 0 Å². The maximum absolute atomic E-state index is 6.19. The van der Waals surface area contributed by atoms with Crippen molar-refractivity contribution >= 4 is 0 Å². The first kappa shape index (κ1) is 17.7. The van der Waals surface area contributed by atoms with Crippen molar-refractivity contribution in [1.29, 1.82) is 0 Å². The van der Waals surface area contributed by atoms with E-state index in [1.54, 1.807) is 0 Å². The van der Waals surface area contributed by atoms with Gasteiger partial charge in [0.05, 0.1) is 6.10 Å². The highest BCUT2D eigenvalue weighted by atomic mass is 16.5. The Hall–Kier alpha value is -1.64. The average Bonchev–Trinajstić information content (AvgIpc) is 2.58. The van der Waals surface area contributed by atoms with Crippen LogP contribution in [0.2, 0.25) is 0 Å². The maximum Gasteiger partial charge on any atom is 0.0825 e. The van der Waals surface area contributed by atoms with Crippen LogP contribution >= 0.6 is 0 Å². The van der Waals surface area contributed by atoms with Crippen LogP contribution in [0.1, 0.15) is 36.5 Å². The van der Waals surface area contributed by atoms with Crippen LogP contribution in [-0.4, -0.2) is 32.1 Å². The lowest BCUT2D eigenvalue weighted by Crippen LogP contribution is -2.16. The van der Waals surface area contributed by atoms with Gasteiger partial charge in [-0.05, 0) is 57.5 Å². The molecule has 0 heterocycles. The molecule has 0 aliphatic carbocycles. The van der Waals surface area contributed by atoms with Gasteiger partial charge < -0.3 is 9.64 Å². The number of aryl methyl sites for hydroxylation is 1. The van der Waals surface area contributed by atoms with Gasteiger partial charge >= 0.3 is 0 Å². The molecule has 0 saturated heterocycles. The molecule has 2 aromatic carbocycles. The van der Waals surface area contributed by atoms with Crippen molar-refractivity contribution in [3.63, 3.8) is 0 Å². The van der Waals surface area contributed by atoms with Crippen LogP contribution in [0.25, 0.3) is 0 Å². The van der Waals surface area contributed by atoms with E-state index < -0.39 is 0 Å². The summed E-state index contributed by atoms with van der Waals surface area (Å²) in [6.45, 7) is 1.90. The Bertz CT molecular complexity index is 524. The summed E-state index contributed by atoms with van der Waals surface area (Å²) in [5, 5.41) is 0. The lowest BCUT2D eigenvalue weighted by atomic mass is 10.0. The lowest BCUT2D eigenvalue weighted by molar-refractivity contribution is 0.0410. The van der Waals surface area contributed by atoms with Crippen molar-refractivity contribution in [3.8, 4) is 0 Å². The zero-order valence-electron chi connectivity index (χ0n) is 14.4. The summed E-state index contributed by atoms with van der Waals surface area (Å²) in [6, 6.07) is 21.3. The van der Waals surface area contributed by atoms with E-state index in [4.69, 9.17) is 4.74 Å². The second kappa shape index (κ2) is 10.2. The second-order valence-electron chi connectivity index (χ2n) is 6.30. The minimum Gasteiger partial charge on any atom is -0.373 e. The Morgan fingerprint density at radius 1 is 0.870 bits per heavy atom. The van der Waals surface area contributed by atoms with Crippen LogP contribution in [-0.2, 0) is 11.2 Å². The number of ether oxygens (including phenoxy) is 1. The molecule has 0 aliphatic rings. The molecule has 0 amide bonds. The number of rotatable bonds is 10. The van der Waals surface area contributed by atoms with Gasteiger partial charge in [-0.25, -0.2) is 0 Å². The van der Waals surface area contributed by atoms with E-state index in [1.807, 2.05) is 0 Å². The maximum atomic E-state index is 6.19. The molecule has 0 N–H and O–H groups in total. The van der Waals surface area contributed by atoms with Gasteiger partial charge in [0.2, 0.25) is 0 Å². The Morgan fingerprint density at radius 3 is 2.17 bits per heavy atom. The Morgan fingerprint density at radius 2 is 1.52 bits per heavy atom. The fourth-order valence-electron chi connectivity index (χ4n) is 2.76. The van der Waals surface area contributed by atoms with E-state index in [9.17, 15) is 0 Å². The van der Waals surface area contributed by atoms with Gasteiger partial charge in [0.1, 0.15) is 0 Å². The van der Waals surface area contributed by atoms with E-state index >= 15 is 0 Å². The number of nitrogens with zero attached hydrogens (tertiary/aromatic N) is 1. The van der Waals surface area contributed by atoms with Crippen LogP contribution in [0.15, 0.2) is 60.7 Å². The zero-order valence-corrected chi connectivity index (χ0v) is 14.4. The van der Waals surface area contributed by atoms with Crippen LogP contribution in [0.3, 0.4) is 0 Å². The third-order valence-electron chi connectivity index (χ3n) is 4.01. The summed E-state index contributed by atoms with van der Waals surface area (Å²) < 4.78 is 6.19. The molecule has 0 fully saturated rings. The van der Waals surface area contributed by atoms with Crippen LogP contribution in [0.4, 0.5) is 0 Å². The van der Waals surface area contributed by atoms with Crippen molar-refractivity contribution in [1.82, 2.24) is 4.90 Å². The fraction of sp³-hybridized carbons (Fsp3) is 0.429. The molecule has 0 spiro atoms. The van der Waals surface area contributed by atoms with E-state index in [2.05, 4.69) is 79.7 Å². The minimum atomic E-state index is 0.210. The molecule has 124 valence electrons. The van der Waals surface area contributed by atoms with Gasteiger partial charge in [0.15, 0.2) is 0 Å². The molecule has 1 atom stereocenters. The Labute approximate surface area is 141 Å². The molecule has 0 bridgehead atoms. The van der Waals surface area contributed by atoms with Gasteiger partial charge in [0.25, 0.3) is 0 Å². The van der Waals surface area contributed by atoms with Crippen molar-refractivity contribution in [2.75, 3.05) is 27.2 Å². The van der Waals surface area contributed by atoms with E-state index in [-0.39, 0.29) is 6.10 Å². The summed E-state index contributed by atoms with van der Waals surface area (Å²) in [4.78, 5) is 2.20. The molecule has 1 unspecified atom stereocenters. The highest BCUT2D eigenvalue weighted by molar-refractivity contribution is 5.18. The number of hydrogen-bond donors (Lipinski definition) is 0. The summed E-state index contributed by atoms with van der Waals surface area (Å²) in [5.74, 6) is 0. The second-order valence-corrected chi connectivity index (χ2v) is 6.30. The highest BCUT2D eigenvalue weighted by Gasteiger charge is 2.11. The third-order valence-corrected chi connectivity index (χ3v) is 4.01. The summed E-state index contributed by atoms with van der Waals surface area (Å²) in [7, 11) is 4.21. The largest absolute Gasteiger partial charge is 0.373 e. The van der Waals surface area contributed by atoms with E-state index in [1.165, 1.54) is 11.1 Å². The van der Waals surface area contributed by atoms with Crippen molar-refractivity contribution in [3.05, 3.63) is 71.8 Å². The molecular weight excluding hydrogens is 282 g/mol. The summed E-state index contributed by atoms with van der Waals surface area (Å²) >= 11 is 0. The first-order valence-corrected chi connectivity index (χ1v) is 8.61. The molecule has 23 heavy (non-hydrogen) atoms.